The zero-order valence-corrected chi connectivity index (χ0v) is 13.4. The van der Waals surface area contributed by atoms with Crippen molar-refractivity contribution in [3.8, 4) is 11.7 Å². The van der Waals surface area contributed by atoms with Gasteiger partial charge in [-0.05, 0) is 38.4 Å². The van der Waals surface area contributed by atoms with Crippen LogP contribution in [0.15, 0.2) is 39.6 Å². The Balaban J connectivity index is 1.55. The Bertz CT molecular complexity index is 787. The summed E-state index contributed by atoms with van der Waals surface area (Å²) in [5.41, 5.74) is 2.25. The summed E-state index contributed by atoms with van der Waals surface area (Å²) in [6.45, 7) is 3.82. The molecule has 6 heteroatoms. The van der Waals surface area contributed by atoms with E-state index in [-0.39, 0.29) is 0 Å². The van der Waals surface area contributed by atoms with Crippen LogP contribution in [0.4, 0.5) is 0 Å². The molecule has 1 aliphatic rings. The molecule has 0 radical (unpaired) electrons. The Morgan fingerprint density at radius 2 is 2.30 bits per heavy atom. The number of aryl methyl sites for hydroxylation is 2. The number of likely N-dealkylation sites (tertiary alicyclic amines) is 1. The first-order valence-electron chi connectivity index (χ1n) is 7.93. The number of aromatic nitrogens is 3. The minimum Gasteiger partial charge on any atom is -0.459 e. The average Bonchev–Trinajstić information content (AvgIpc) is 3.28. The summed E-state index contributed by atoms with van der Waals surface area (Å²) in [5.74, 6) is 2.08. The fraction of sp³-hybridized carbons (Fsp3) is 0.412. The molecule has 4 rings (SSSR count). The second-order valence-electron chi connectivity index (χ2n) is 6.08. The zero-order valence-electron chi connectivity index (χ0n) is 13.4. The molecular formula is C17H20N4O2. The number of nitrogens with zero attached hydrogens (tertiary/aromatic N) is 4. The topological polar surface area (TPSA) is 60.2 Å². The van der Waals surface area contributed by atoms with Crippen LogP contribution in [-0.2, 0) is 13.6 Å². The van der Waals surface area contributed by atoms with E-state index in [4.69, 9.17) is 8.83 Å². The van der Waals surface area contributed by atoms with Crippen molar-refractivity contribution in [2.75, 3.05) is 6.54 Å². The van der Waals surface area contributed by atoms with Crippen molar-refractivity contribution in [3.05, 3.63) is 47.8 Å². The first kappa shape index (κ1) is 14.3. The van der Waals surface area contributed by atoms with Gasteiger partial charge >= 0.3 is 0 Å². The highest BCUT2D eigenvalue weighted by molar-refractivity contribution is 5.44. The Hall–Kier alpha value is -2.34. The van der Waals surface area contributed by atoms with E-state index in [0.717, 1.165) is 31.0 Å². The van der Waals surface area contributed by atoms with Crippen LogP contribution in [0.25, 0.3) is 11.7 Å². The summed E-state index contributed by atoms with van der Waals surface area (Å²) in [7, 11) is 1.96. The van der Waals surface area contributed by atoms with Crippen LogP contribution in [0, 0.1) is 6.92 Å². The molecular weight excluding hydrogens is 292 g/mol. The lowest BCUT2D eigenvalue weighted by Crippen LogP contribution is -2.23. The summed E-state index contributed by atoms with van der Waals surface area (Å²) in [6.07, 6.45) is 8.06. The molecule has 0 amide bonds. The van der Waals surface area contributed by atoms with Gasteiger partial charge in [0.2, 0.25) is 0 Å². The van der Waals surface area contributed by atoms with Gasteiger partial charge in [0, 0.05) is 31.4 Å². The minimum absolute atomic E-state index is 0.409. The molecule has 1 aliphatic heterocycles. The van der Waals surface area contributed by atoms with Crippen LogP contribution in [0.2, 0.25) is 0 Å². The molecule has 0 aromatic carbocycles. The van der Waals surface area contributed by atoms with E-state index in [1.807, 2.05) is 37.0 Å². The molecule has 4 heterocycles. The number of furan rings is 1. The standard InChI is InChI=1S/C17H20N4O2/c1-12-14(19-17(23-12)16-6-4-8-22-16)11-21-7-3-5-15(21)13-9-18-20(2)10-13/h4,6,8-10,15H,3,5,7,11H2,1-2H3. The smallest absolute Gasteiger partial charge is 0.263 e. The summed E-state index contributed by atoms with van der Waals surface area (Å²) < 4.78 is 13.0. The van der Waals surface area contributed by atoms with Gasteiger partial charge in [0.05, 0.1) is 18.2 Å². The van der Waals surface area contributed by atoms with E-state index in [1.54, 1.807) is 6.26 Å². The number of hydrogen-bond donors (Lipinski definition) is 0. The Labute approximate surface area is 134 Å². The molecule has 23 heavy (non-hydrogen) atoms. The first-order chi connectivity index (χ1) is 11.2. The van der Waals surface area contributed by atoms with Gasteiger partial charge in [-0.1, -0.05) is 0 Å². The molecule has 3 aromatic heterocycles. The van der Waals surface area contributed by atoms with Gasteiger partial charge in [0.25, 0.3) is 5.89 Å². The van der Waals surface area contributed by atoms with Crippen LogP contribution in [-0.4, -0.2) is 26.2 Å². The Kier molecular flexibility index (Phi) is 3.53. The van der Waals surface area contributed by atoms with E-state index in [9.17, 15) is 0 Å². The minimum atomic E-state index is 0.409. The monoisotopic (exact) mass is 312 g/mol. The van der Waals surface area contributed by atoms with Crippen molar-refractivity contribution in [1.29, 1.82) is 0 Å². The van der Waals surface area contributed by atoms with Crippen LogP contribution in [0.1, 0.15) is 35.9 Å². The lowest BCUT2D eigenvalue weighted by molar-refractivity contribution is 0.244. The maximum Gasteiger partial charge on any atom is 0.263 e. The second-order valence-corrected chi connectivity index (χ2v) is 6.08. The van der Waals surface area contributed by atoms with Crippen molar-refractivity contribution in [1.82, 2.24) is 19.7 Å². The molecule has 0 aliphatic carbocycles. The molecule has 0 saturated carbocycles. The Morgan fingerprint density at radius 3 is 3.04 bits per heavy atom. The Morgan fingerprint density at radius 1 is 1.39 bits per heavy atom. The van der Waals surface area contributed by atoms with Gasteiger partial charge in [-0.3, -0.25) is 9.58 Å². The summed E-state index contributed by atoms with van der Waals surface area (Å²) in [6, 6.07) is 4.11. The number of hydrogen-bond acceptors (Lipinski definition) is 5. The predicted molar refractivity (Wildman–Crippen MR) is 84.5 cm³/mol. The van der Waals surface area contributed by atoms with Crippen LogP contribution in [0.3, 0.4) is 0 Å². The van der Waals surface area contributed by atoms with Crippen LogP contribution in [0.5, 0.6) is 0 Å². The lowest BCUT2D eigenvalue weighted by Gasteiger charge is -2.22. The maximum atomic E-state index is 5.77. The van der Waals surface area contributed by atoms with Gasteiger partial charge in [-0.25, -0.2) is 4.98 Å². The van der Waals surface area contributed by atoms with Crippen molar-refractivity contribution < 1.29 is 8.83 Å². The predicted octanol–water partition coefficient (Wildman–Crippen LogP) is 3.31. The summed E-state index contributed by atoms with van der Waals surface area (Å²) in [5, 5.41) is 4.30. The molecule has 1 atom stereocenters. The summed E-state index contributed by atoms with van der Waals surface area (Å²) >= 11 is 0. The van der Waals surface area contributed by atoms with Gasteiger partial charge in [0.1, 0.15) is 5.76 Å². The van der Waals surface area contributed by atoms with E-state index >= 15 is 0 Å². The van der Waals surface area contributed by atoms with Gasteiger partial charge < -0.3 is 8.83 Å². The van der Waals surface area contributed by atoms with Crippen molar-refractivity contribution in [3.63, 3.8) is 0 Å². The molecule has 120 valence electrons. The molecule has 0 bridgehead atoms. The average molecular weight is 312 g/mol. The highest BCUT2D eigenvalue weighted by Gasteiger charge is 2.28. The first-order valence-corrected chi connectivity index (χ1v) is 7.93. The highest BCUT2D eigenvalue weighted by Crippen LogP contribution is 2.33. The number of oxazole rings is 1. The molecule has 0 spiro atoms. The van der Waals surface area contributed by atoms with E-state index in [0.29, 0.717) is 17.7 Å². The third-order valence-corrected chi connectivity index (χ3v) is 4.45. The normalized spacial score (nSPS) is 18.8. The van der Waals surface area contributed by atoms with Crippen LogP contribution >= 0.6 is 0 Å². The quantitative estimate of drug-likeness (QED) is 0.739. The molecule has 1 saturated heterocycles. The largest absolute Gasteiger partial charge is 0.459 e. The van der Waals surface area contributed by atoms with Gasteiger partial charge in [0.15, 0.2) is 5.76 Å². The van der Waals surface area contributed by atoms with Crippen LogP contribution < -0.4 is 0 Å². The zero-order chi connectivity index (χ0) is 15.8. The molecule has 6 nitrogen and oxygen atoms in total. The summed E-state index contributed by atoms with van der Waals surface area (Å²) in [4.78, 5) is 7.08. The van der Waals surface area contributed by atoms with Crippen molar-refractivity contribution in [2.24, 2.45) is 7.05 Å². The molecule has 1 unspecified atom stereocenters. The van der Waals surface area contributed by atoms with Gasteiger partial charge in [-0.15, -0.1) is 0 Å². The fourth-order valence-corrected chi connectivity index (χ4v) is 3.28. The molecule has 3 aromatic rings. The van der Waals surface area contributed by atoms with E-state index in [1.165, 1.54) is 12.0 Å². The van der Waals surface area contributed by atoms with Gasteiger partial charge in [-0.2, -0.15) is 5.10 Å². The van der Waals surface area contributed by atoms with E-state index in [2.05, 4.69) is 21.2 Å². The van der Waals surface area contributed by atoms with Crippen molar-refractivity contribution >= 4 is 0 Å². The molecule has 1 fully saturated rings. The highest BCUT2D eigenvalue weighted by atomic mass is 16.4. The molecule has 0 N–H and O–H groups in total. The third kappa shape index (κ3) is 2.70. The van der Waals surface area contributed by atoms with E-state index < -0.39 is 0 Å². The van der Waals surface area contributed by atoms with Crippen molar-refractivity contribution in [2.45, 2.75) is 32.4 Å². The third-order valence-electron chi connectivity index (χ3n) is 4.45. The maximum absolute atomic E-state index is 5.77. The second kappa shape index (κ2) is 5.70. The fourth-order valence-electron chi connectivity index (χ4n) is 3.28. The SMILES string of the molecule is Cc1oc(-c2ccco2)nc1CN1CCCC1c1cnn(C)c1. The lowest BCUT2D eigenvalue weighted by atomic mass is 10.1. The number of rotatable bonds is 4.